The van der Waals surface area contributed by atoms with Crippen molar-refractivity contribution in [2.45, 2.75) is 12.8 Å². The van der Waals surface area contributed by atoms with E-state index in [2.05, 4.69) is 60.7 Å². The lowest BCUT2D eigenvalue weighted by Crippen LogP contribution is -1.84. The molecule has 70 valence electrons. The van der Waals surface area contributed by atoms with Crippen LogP contribution in [0.4, 0.5) is 0 Å². The molecule has 0 unspecified atom stereocenters. The fraction of sp³-hybridized carbons (Fsp3) is 0.143. The van der Waals surface area contributed by atoms with E-state index >= 15 is 0 Å². The van der Waals surface area contributed by atoms with Gasteiger partial charge in [-0.15, -0.1) is 0 Å². The third-order valence-electron chi connectivity index (χ3n) is 2.38. The molecule has 0 bridgehead atoms. The highest BCUT2D eigenvalue weighted by atomic mass is 14.0. The molecule has 0 N–H and O–H groups in total. The van der Waals surface area contributed by atoms with Crippen LogP contribution in [0, 0.1) is 0 Å². The third kappa shape index (κ3) is 2.23. The molecule has 0 heterocycles. The molecule has 2 rings (SSSR count). The van der Waals surface area contributed by atoms with Crippen LogP contribution in [0.5, 0.6) is 0 Å². The summed E-state index contributed by atoms with van der Waals surface area (Å²) in [4.78, 5) is 0. The fourth-order valence-corrected chi connectivity index (χ4v) is 1.63. The molecular weight excluding hydrogens is 168 g/mol. The van der Waals surface area contributed by atoms with Gasteiger partial charge in [0.25, 0.3) is 0 Å². The van der Waals surface area contributed by atoms with Gasteiger partial charge < -0.3 is 0 Å². The second-order valence-corrected chi connectivity index (χ2v) is 3.41. The summed E-state index contributed by atoms with van der Waals surface area (Å²) in [6, 6.07) is 10.6. The van der Waals surface area contributed by atoms with Crippen molar-refractivity contribution in [2.24, 2.45) is 0 Å². The molecule has 0 atom stereocenters. The van der Waals surface area contributed by atoms with E-state index < -0.39 is 0 Å². The number of hydrogen-bond acceptors (Lipinski definition) is 0. The van der Waals surface area contributed by atoms with Gasteiger partial charge in [0, 0.05) is 0 Å². The average molecular weight is 182 g/mol. The second-order valence-electron chi connectivity index (χ2n) is 3.41. The van der Waals surface area contributed by atoms with Gasteiger partial charge in [0.15, 0.2) is 0 Å². The molecule has 0 radical (unpaired) electrons. The fourth-order valence-electron chi connectivity index (χ4n) is 1.63. The number of benzene rings is 1. The molecule has 0 spiro atoms. The van der Waals surface area contributed by atoms with E-state index in [1.165, 1.54) is 11.1 Å². The Kier molecular flexibility index (Phi) is 2.97. The highest BCUT2D eigenvalue weighted by Crippen LogP contribution is 2.20. The Morgan fingerprint density at radius 1 is 0.857 bits per heavy atom. The zero-order valence-electron chi connectivity index (χ0n) is 8.19. The normalized spacial score (nSPS) is 15.9. The van der Waals surface area contributed by atoms with Gasteiger partial charge in [-0.25, -0.2) is 0 Å². The third-order valence-corrected chi connectivity index (χ3v) is 2.38. The molecule has 14 heavy (non-hydrogen) atoms. The molecule has 0 nitrogen and oxygen atoms in total. The van der Waals surface area contributed by atoms with E-state index in [1.54, 1.807) is 0 Å². The van der Waals surface area contributed by atoms with Crippen LogP contribution in [0.3, 0.4) is 0 Å². The maximum atomic E-state index is 2.21. The Morgan fingerprint density at radius 3 is 2.57 bits per heavy atom. The van der Waals surface area contributed by atoms with E-state index in [9.17, 15) is 0 Å². The van der Waals surface area contributed by atoms with Crippen molar-refractivity contribution < 1.29 is 0 Å². The minimum Gasteiger partial charge on any atom is -0.0842 e. The first-order chi connectivity index (χ1) is 6.97. The summed E-state index contributed by atoms with van der Waals surface area (Å²) < 4.78 is 0. The van der Waals surface area contributed by atoms with Gasteiger partial charge >= 0.3 is 0 Å². The van der Waals surface area contributed by atoms with Crippen molar-refractivity contribution in [3.05, 3.63) is 66.3 Å². The molecule has 1 aliphatic rings. The molecule has 1 aromatic carbocycles. The quantitative estimate of drug-likeness (QED) is 0.616. The largest absolute Gasteiger partial charge is 0.0842 e. The van der Waals surface area contributed by atoms with Gasteiger partial charge in [-0.05, 0) is 24.0 Å². The topological polar surface area (TPSA) is 0 Å². The summed E-state index contributed by atoms with van der Waals surface area (Å²) in [5.74, 6) is 0. The monoisotopic (exact) mass is 182 g/mol. The van der Waals surface area contributed by atoms with Crippen molar-refractivity contribution >= 4 is 5.57 Å². The number of rotatable bonds is 1. The molecule has 1 aromatic rings. The summed E-state index contributed by atoms with van der Waals surface area (Å²) in [5, 5.41) is 0. The predicted molar refractivity (Wildman–Crippen MR) is 61.9 cm³/mol. The summed E-state index contributed by atoms with van der Waals surface area (Å²) in [5.41, 5.74) is 2.76. The van der Waals surface area contributed by atoms with Crippen molar-refractivity contribution in [3.63, 3.8) is 0 Å². The number of allylic oxidation sites excluding steroid dienone is 6. The van der Waals surface area contributed by atoms with E-state index in [0.29, 0.717) is 0 Å². The van der Waals surface area contributed by atoms with Gasteiger partial charge in [0.1, 0.15) is 0 Å². The highest BCUT2D eigenvalue weighted by molar-refractivity contribution is 5.67. The maximum absolute atomic E-state index is 2.21. The lowest BCUT2D eigenvalue weighted by atomic mass is 9.99. The Balaban J connectivity index is 2.26. The smallest absolute Gasteiger partial charge is 0.0224 e. The van der Waals surface area contributed by atoms with Crippen LogP contribution in [0.2, 0.25) is 0 Å². The molecule has 0 amide bonds. The molecule has 0 heteroatoms. The van der Waals surface area contributed by atoms with Crippen LogP contribution in [-0.4, -0.2) is 0 Å². The van der Waals surface area contributed by atoms with Gasteiger partial charge in [0.2, 0.25) is 0 Å². The van der Waals surface area contributed by atoms with Crippen LogP contribution >= 0.6 is 0 Å². The minimum absolute atomic E-state index is 1.13. The molecule has 0 saturated carbocycles. The summed E-state index contributed by atoms with van der Waals surface area (Å²) in [7, 11) is 0. The van der Waals surface area contributed by atoms with Crippen LogP contribution in [0.15, 0.2) is 60.7 Å². The summed E-state index contributed by atoms with van der Waals surface area (Å²) in [6.07, 6.45) is 13.0. The SMILES string of the molecule is C1=CC=C(c2ccccc2)CCC=C1. The highest BCUT2D eigenvalue weighted by Gasteiger charge is 1.99. The van der Waals surface area contributed by atoms with E-state index in [4.69, 9.17) is 0 Å². The van der Waals surface area contributed by atoms with Gasteiger partial charge in [0.05, 0.1) is 0 Å². The van der Waals surface area contributed by atoms with Gasteiger partial charge in [-0.2, -0.15) is 0 Å². The van der Waals surface area contributed by atoms with E-state index in [-0.39, 0.29) is 0 Å². The van der Waals surface area contributed by atoms with Crippen molar-refractivity contribution in [3.8, 4) is 0 Å². The lowest BCUT2D eigenvalue weighted by molar-refractivity contribution is 1.07. The van der Waals surface area contributed by atoms with Gasteiger partial charge in [-0.1, -0.05) is 60.7 Å². The molecule has 0 aromatic heterocycles. The van der Waals surface area contributed by atoms with E-state index in [1.807, 2.05) is 0 Å². The van der Waals surface area contributed by atoms with Crippen molar-refractivity contribution in [1.29, 1.82) is 0 Å². The standard InChI is InChI=1S/C14H14/c1-2-5-9-13(10-6-3-1)14-11-7-4-8-12-14/h1-5,7-9,11-12H,6,10H2. The zero-order chi connectivity index (χ0) is 9.64. The first-order valence-corrected chi connectivity index (χ1v) is 5.04. The number of hydrogen-bond donors (Lipinski definition) is 0. The van der Waals surface area contributed by atoms with Crippen LogP contribution in [0.25, 0.3) is 5.57 Å². The Morgan fingerprint density at radius 2 is 1.71 bits per heavy atom. The summed E-state index contributed by atoms with van der Waals surface area (Å²) in [6.45, 7) is 0. The maximum Gasteiger partial charge on any atom is -0.0224 e. The van der Waals surface area contributed by atoms with Crippen molar-refractivity contribution in [1.82, 2.24) is 0 Å². The van der Waals surface area contributed by atoms with E-state index in [0.717, 1.165) is 12.8 Å². The molecule has 1 aliphatic carbocycles. The Labute approximate surface area is 85.3 Å². The van der Waals surface area contributed by atoms with Gasteiger partial charge in [-0.3, -0.25) is 0 Å². The molecule has 0 fully saturated rings. The molecular formula is C14H14. The predicted octanol–water partition coefficient (Wildman–Crippen LogP) is 3.98. The second kappa shape index (κ2) is 4.61. The van der Waals surface area contributed by atoms with Crippen LogP contribution in [-0.2, 0) is 0 Å². The lowest BCUT2D eigenvalue weighted by Gasteiger charge is -2.06. The van der Waals surface area contributed by atoms with Crippen molar-refractivity contribution in [2.75, 3.05) is 0 Å². The summed E-state index contributed by atoms with van der Waals surface area (Å²) >= 11 is 0. The Hall–Kier alpha value is -1.56. The molecule has 0 saturated heterocycles. The Bertz CT molecular complexity index is 366. The first-order valence-electron chi connectivity index (χ1n) is 5.04. The van der Waals surface area contributed by atoms with Crippen LogP contribution < -0.4 is 0 Å². The molecule has 0 aliphatic heterocycles. The minimum atomic E-state index is 1.13. The first kappa shape index (κ1) is 9.01. The van der Waals surface area contributed by atoms with Crippen LogP contribution in [0.1, 0.15) is 18.4 Å². The zero-order valence-corrected chi connectivity index (χ0v) is 8.19. The average Bonchev–Trinajstić information content (AvgIpc) is 2.18.